The normalized spacial score (nSPS) is 17.2. The Labute approximate surface area is 228 Å². The molecule has 1 aliphatic heterocycles. The molecule has 13 heteroatoms. The van der Waals surface area contributed by atoms with E-state index in [2.05, 4.69) is 25.8 Å². The van der Waals surface area contributed by atoms with Gasteiger partial charge in [-0.2, -0.15) is 18.3 Å². The molecule has 0 spiro atoms. The van der Waals surface area contributed by atoms with Crippen molar-refractivity contribution in [3.05, 3.63) is 59.7 Å². The van der Waals surface area contributed by atoms with Crippen LogP contribution in [0.15, 0.2) is 47.7 Å². The molecular weight excluding hydrogens is 532 g/mol. The lowest BCUT2D eigenvalue weighted by atomic mass is 10.1. The number of nitrogens with zero attached hydrogens (tertiary/aromatic N) is 4. The number of hydrogen-bond acceptors (Lipinski definition) is 8. The number of hydrazone groups is 1. The van der Waals surface area contributed by atoms with Gasteiger partial charge < -0.3 is 14.8 Å². The van der Waals surface area contributed by atoms with Crippen molar-refractivity contribution in [2.45, 2.75) is 51.1 Å². The van der Waals surface area contributed by atoms with Gasteiger partial charge in [-0.3, -0.25) is 10.3 Å². The minimum absolute atomic E-state index is 0.0178. The van der Waals surface area contributed by atoms with E-state index in [1.807, 2.05) is 0 Å². The minimum Gasteiger partial charge on any atom is -0.494 e. The van der Waals surface area contributed by atoms with Crippen LogP contribution < -0.4 is 15.5 Å². The van der Waals surface area contributed by atoms with Gasteiger partial charge >= 0.3 is 12.3 Å². The number of rotatable bonds is 7. The Morgan fingerprint density at radius 3 is 2.62 bits per heavy atom. The molecule has 1 aliphatic rings. The van der Waals surface area contributed by atoms with E-state index >= 15 is 0 Å². The highest BCUT2D eigenvalue weighted by molar-refractivity contribution is 5.89. The van der Waals surface area contributed by atoms with E-state index in [1.165, 1.54) is 42.5 Å². The van der Waals surface area contributed by atoms with Gasteiger partial charge in [-0.25, -0.2) is 19.2 Å². The smallest absolute Gasteiger partial charge is 0.408 e. The summed E-state index contributed by atoms with van der Waals surface area (Å²) >= 11 is 0. The largest absolute Gasteiger partial charge is 0.494 e. The maximum Gasteiger partial charge on any atom is 0.408 e. The average Bonchev–Trinajstić information content (AvgIpc) is 3.29. The van der Waals surface area contributed by atoms with Crippen LogP contribution in [0.3, 0.4) is 0 Å². The summed E-state index contributed by atoms with van der Waals surface area (Å²) in [6, 6.07) is 6.26. The number of fused-ring (bicyclic) bond motifs is 1. The Morgan fingerprint density at radius 2 is 1.98 bits per heavy atom. The molecule has 3 aromatic rings. The standard InChI is InChI=1S/C27H30F4N6O3/c1-26(2,3)40-25(38)35-20-9-10-37(15-20)24(27(29,30)31)17-6-8-22(32-13-17)36-33-14-19-7-5-16-11-18(28)12-21(39-4)23(16)34-19/h5-8,11-14,20,24H,9-10,15H2,1-4H3,(H,32,36)(H,35,38)/b33-14-/t20-,24+/m0/s1. The fraction of sp³-hybridized carbons (Fsp3) is 0.407. The summed E-state index contributed by atoms with van der Waals surface area (Å²) in [7, 11) is 1.42. The van der Waals surface area contributed by atoms with Gasteiger partial charge in [0.05, 0.1) is 19.0 Å². The lowest BCUT2D eigenvalue weighted by Crippen LogP contribution is -2.42. The van der Waals surface area contributed by atoms with Gasteiger partial charge in [-0.15, -0.1) is 0 Å². The van der Waals surface area contributed by atoms with Crippen molar-refractivity contribution in [2.24, 2.45) is 5.10 Å². The van der Waals surface area contributed by atoms with Gasteiger partial charge in [0.1, 0.15) is 34.5 Å². The molecule has 0 bridgehead atoms. The molecule has 0 saturated carbocycles. The van der Waals surface area contributed by atoms with E-state index in [9.17, 15) is 22.4 Å². The molecule has 2 N–H and O–H groups in total. The Bertz CT molecular complexity index is 1380. The van der Waals surface area contributed by atoms with Crippen LogP contribution in [-0.2, 0) is 4.74 Å². The second-order valence-electron chi connectivity index (χ2n) is 10.3. The lowest BCUT2D eigenvalue weighted by Gasteiger charge is -2.30. The van der Waals surface area contributed by atoms with Crippen LogP contribution in [-0.4, -0.2) is 65.2 Å². The van der Waals surface area contributed by atoms with E-state index in [-0.39, 0.29) is 30.2 Å². The molecule has 3 heterocycles. The van der Waals surface area contributed by atoms with Crippen molar-refractivity contribution in [3.63, 3.8) is 0 Å². The zero-order valence-corrected chi connectivity index (χ0v) is 22.4. The van der Waals surface area contributed by atoms with Gasteiger partial charge in [0, 0.05) is 36.8 Å². The van der Waals surface area contributed by atoms with E-state index in [0.29, 0.717) is 23.0 Å². The molecule has 4 rings (SSSR count). The number of nitrogens with one attached hydrogen (secondary N) is 2. The lowest BCUT2D eigenvalue weighted by molar-refractivity contribution is -0.183. The summed E-state index contributed by atoms with van der Waals surface area (Å²) in [5, 5.41) is 7.26. The number of likely N-dealkylation sites (tertiary alicyclic amines) is 1. The number of carbonyl (C=O) groups excluding carboxylic acids is 1. The van der Waals surface area contributed by atoms with Crippen LogP contribution in [0, 0.1) is 5.82 Å². The molecule has 9 nitrogen and oxygen atoms in total. The van der Waals surface area contributed by atoms with E-state index in [1.54, 1.807) is 32.9 Å². The van der Waals surface area contributed by atoms with Crippen LogP contribution in [0.5, 0.6) is 5.75 Å². The molecule has 2 atom stereocenters. The first-order valence-corrected chi connectivity index (χ1v) is 12.5. The number of alkyl carbamates (subject to hydrolysis) is 1. The minimum atomic E-state index is -4.55. The number of amides is 1. The maximum atomic E-state index is 14.1. The van der Waals surface area contributed by atoms with E-state index < -0.39 is 35.8 Å². The summed E-state index contributed by atoms with van der Waals surface area (Å²) in [5.41, 5.74) is 2.84. The zero-order valence-electron chi connectivity index (χ0n) is 22.4. The van der Waals surface area contributed by atoms with Gasteiger partial charge in [-0.05, 0) is 51.0 Å². The van der Waals surface area contributed by atoms with Crippen molar-refractivity contribution >= 4 is 29.0 Å². The molecule has 40 heavy (non-hydrogen) atoms. The second-order valence-corrected chi connectivity index (χ2v) is 10.3. The van der Waals surface area contributed by atoms with E-state index in [4.69, 9.17) is 9.47 Å². The zero-order chi connectivity index (χ0) is 29.1. The molecule has 1 amide bonds. The first-order valence-electron chi connectivity index (χ1n) is 12.5. The fourth-order valence-electron chi connectivity index (χ4n) is 4.43. The van der Waals surface area contributed by atoms with Gasteiger partial charge in [0.25, 0.3) is 0 Å². The number of methoxy groups -OCH3 is 1. The van der Waals surface area contributed by atoms with Crippen LogP contribution in [0.25, 0.3) is 10.9 Å². The predicted octanol–water partition coefficient (Wildman–Crippen LogP) is 5.43. The SMILES string of the molecule is COc1cc(F)cc2ccc(/C=N\Nc3ccc([C@@H](N4CC[C@H](NC(=O)OC(C)(C)C)C4)C(F)(F)F)cn3)nc12. The Balaban J connectivity index is 1.41. The number of benzene rings is 1. The van der Waals surface area contributed by atoms with Crippen LogP contribution >= 0.6 is 0 Å². The number of pyridine rings is 2. The van der Waals surface area contributed by atoms with Crippen molar-refractivity contribution in [2.75, 3.05) is 25.6 Å². The van der Waals surface area contributed by atoms with Crippen molar-refractivity contribution in [1.29, 1.82) is 0 Å². The maximum absolute atomic E-state index is 14.1. The highest BCUT2D eigenvalue weighted by Crippen LogP contribution is 2.39. The monoisotopic (exact) mass is 562 g/mol. The number of halogens is 4. The molecule has 0 radical (unpaired) electrons. The molecule has 0 aliphatic carbocycles. The number of carbonyl (C=O) groups is 1. The van der Waals surface area contributed by atoms with Crippen molar-refractivity contribution in [3.8, 4) is 5.75 Å². The first kappa shape index (κ1) is 29.0. The third kappa shape index (κ3) is 7.34. The summed E-state index contributed by atoms with van der Waals surface area (Å²) in [4.78, 5) is 21.8. The average molecular weight is 563 g/mol. The first-order chi connectivity index (χ1) is 18.8. The molecule has 0 unspecified atom stereocenters. The van der Waals surface area contributed by atoms with Crippen molar-refractivity contribution < 1.29 is 31.8 Å². The number of anilines is 1. The Hall–Kier alpha value is -4.00. The summed E-state index contributed by atoms with van der Waals surface area (Å²) in [5.74, 6) is 0.0606. The topological polar surface area (TPSA) is 101 Å². The summed E-state index contributed by atoms with van der Waals surface area (Å²) in [6.07, 6.45) is -2.30. The molecule has 1 fully saturated rings. The Kier molecular flexibility index (Phi) is 8.43. The van der Waals surface area contributed by atoms with Crippen LogP contribution in [0.4, 0.5) is 28.2 Å². The highest BCUT2D eigenvalue weighted by atomic mass is 19.4. The molecule has 214 valence electrons. The third-order valence-corrected chi connectivity index (χ3v) is 6.06. The van der Waals surface area contributed by atoms with Crippen LogP contribution in [0.2, 0.25) is 0 Å². The summed E-state index contributed by atoms with van der Waals surface area (Å²) in [6.45, 7) is 5.30. The van der Waals surface area contributed by atoms with Crippen LogP contribution in [0.1, 0.15) is 44.5 Å². The highest BCUT2D eigenvalue weighted by Gasteiger charge is 2.47. The number of aromatic nitrogens is 2. The van der Waals surface area contributed by atoms with Gasteiger partial charge in [0.15, 0.2) is 0 Å². The third-order valence-electron chi connectivity index (χ3n) is 6.06. The number of alkyl halides is 3. The van der Waals surface area contributed by atoms with Crippen molar-refractivity contribution in [1.82, 2.24) is 20.2 Å². The molecule has 1 saturated heterocycles. The predicted molar refractivity (Wildman–Crippen MR) is 142 cm³/mol. The number of ether oxygens (including phenoxy) is 2. The summed E-state index contributed by atoms with van der Waals surface area (Å²) < 4.78 is 66.4. The van der Waals surface area contributed by atoms with Gasteiger partial charge in [0.2, 0.25) is 0 Å². The molecule has 1 aromatic carbocycles. The Morgan fingerprint density at radius 1 is 1.20 bits per heavy atom. The fourth-order valence-corrected chi connectivity index (χ4v) is 4.43. The molecule has 2 aromatic heterocycles. The number of hydrogen-bond donors (Lipinski definition) is 2. The van der Waals surface area contributed by atoms with Gasteiger partial charge in [-0.1, -0.05) is 12.1 Å². The quantitative estimate of drug-likeness (QED) is 0.225. The second kappa shape index (κ2) is 11.6. The van der Waals surface area contributed by atoms with E-state index in [0.717, 1.165) is 6.20 Å². The molecular formula is C27H30F4N6O3.